The molecule has 1 heterocycles. The van der Waals surface area contributed by atoms with Gasteiger partial charge in [0.15, 0.2) is 5.82 Å². The number of carbonyl (C=O) groups is 2. The molecule has 7 nitrogen and oxygen atoms in total. The number of benzene rings is 2. The van der Waals surface area contributed by atoms with E-state index in [2.05, 4.69) is 16.5 Å². The molecule has 158 valence electrons. The number of anilines is 1. The molecule has 30 heavy (non-hydrogen) atoms. The Hall–Kier alpha value is -3.00. The van der Waals surface area contributed by atoms with E-state index < -0.39 is 5.25 Å². The molecule has 0 bridgehead atoms. The monoisotopic (exact) mass is 427 g/mol. The highest BCUT2D eigenvalue weighted by Gasteiger charge is 2.18. The number of amides is 2. The average Bonchev–Trinajstić information content (AvgIpc) is 3.15. The zero-order valence-electron chi connectivity index (χ0n) is 17.5. The number of methoxy groups -OCH3 is 1. The summed E-state index contributed by atoms with van der Waals surface area (Å²) in [6, 6.07) is 13.7. The first-order chi connectivity index (χ1) is 14.4. The summed E-state index contributed by atoms with van der Waals surface area (Å²) in [5.41, 5.74) is 1.04. The minimum Gasteiger partial charge on any atom is -0.497 e. The van der Waals surface area contributed by atoms with E-state index in [1.54, 1.807) is 39.0 Å². The van der Waals surface area contributed by atoms with Gasteiger partial charge in [-0.25, -0.2) is 0 Å². The molecule has 1 N–H and O–H groups in total. The number of nitrogens with zero attached hydrogens (tertiary/aromatic N) is 2. The van der Waals surface area contributed by atoms with Crippen LogP contribution in [-0.2, 0) is 16.1 Å². The van der Waals surface area contributed by atoms with Crippen molar-refractivity contribution in [3.63, 3.8) is 0 Å². The lowest BCUT2D eigenvalue weighted by molar-refractivity contribution is -0.127. The number of nitrogens with one attached hydrogen (secondary N) is 1. The van der Waals surface area contributed by atoms with Crippen molar-refractivity contribution in [3.05, 3.63) is 53.8 Å². The van der Waals surface area contributed by atoms with Crippen LogP contribution in [0.5, 0.6) is 5.75 Å². The topological polar surface area (TPSA) is 84.7 Å². The van der Waals surface area contributed by atoms with Crippen LogP contribution in [-0.4, -0.2) is 47.0 Å². The maximum atomic E-state index is 12.5. The van der Waals surface area contributed by atoms with Gasteiger partial charge in [0.1, 0.15) is 11.5 Å². The highest BCUT2D eigenvalue weighted by Crippen LogP contribution is 2.22. The van der Waals surface area contributed by atoms with Gasteiger partial charge in [0, 0.05) is 19.7 Å². The minimum atomic E-state index is -0.394. The number of rotatable bonds is 8. The van der Waals surface area contributed by atoms with Gasteiger partial charge in [0.2, 0.25) is 11.8 Å². The predicted octanol–water partition coefficient (Wildman–Crippen LogP) is 3.86. The van der Waals surface area contributed by atoms with E-state index in [-0.39, 0.29) is 17.6 Å². The summed E-state index contributed by atoms with van der Waals surface area (Å²) in [6.45, 7) is 4.01. The van der Waals surface area contributed by atoms with Crippen molar-refractivity contribution in [1.82, 2.24) is 10.1 Å². The minimum absolute atomic E-state index is 0.0354. The molecule has 0 aliphatic rings. The van der Waals surface area contributed by atoms with Crippen LogP contribution in [0.2, 0.25) is 0 Å². The van der Waals surface area contributed by atoms with Gasteiger partial charge in [0.25, 0.3) is 0 Å². The van der Waals surface area contributed by atoms with Crippen molar-refractivity contribution in [2.75, 3.05) is 25.2 Å². The van der Waals surface area contributed by atoms with Gasteiger partial charge in [-0.05, 0) is 48.4 Å². The normalized spacial score (nSPS) is 11.9. The van der Waals surface area contributed by atoms with E-state index in [1.807, 2.05) is 30.3 Å². The van der Waals surface area contributed by atoms with E-state index in [9.17, 15) is 9.59 Å². The van der Waals surface area contributed by atoms with Gasteiger partial charge < -0.3 is 19.5 Å². The van der Waals surface area contributed by atoms with Crippen molar-refractivity contribution in [2.45, 2.75) is 25.6 Å². The Balaban J connectivity index is 1.51. The van der Waals surface area contributed by atoms with Crippen molar-refractivity contribution in [1.29, 1.82) is 0 Å². The Morgan fingerprint density at radius 3 is 2.63 bits per heavy atom. The second-order valence-corrected chi connectivity index (χ2v) is 8.39. The largest absolute Gasteiger partial charge is 0.497 e. The fourth-order valence-electron chi connectivity index (χ4n) is 2.90. The average molecular weight is 428 g/mol. The number of aryl methyl sites for hydroxylation is 1. The first-order valence-electron chi connectivity index (χ1n) is 9.52. The fraction of sp³-hybridized carbons (Fsp3) is 0.318. The maximum Gasteiger partial charge on any atom is 0.238 e. The second kappa shape index (κ2) is 9.67. The smallest absolute Gasteiger partial charge is 0.238 e. The van der Waals surface area contributed by atoms with E-state index in [4.69, 9.17) is 9.26 Å². The molecule has 0 saturated heterocycles. The van der Waals surface area contributed by atoms with Crippen LogP contribution in [0.3, 0.4) is 0 Å². The van der Waals surface area contributed by atoms with Gasteiger partial charge in [-0.3, -0.25) is 9.59 Å². The highest BCUT2D eigenvalue weighted by atomic mass is 32.2. The van der Waals surface area contributed by atoms with E-state index in [1.165, 1.54) is 11.8 Å². The Kier molecular flexibility index (Phi) is 6.99. The van der Waals surface area contributed by atoms with Gasteiger partial charge in [0.05, 0.1) is 18.1 Å². The van der Waals surface area contributed by atoms with Crippen LogP contribution in [0.25, 0.3) is 10.8 Å². The number of aromatic nitrogens is 1. The summed E-state index contributed by atoms with van der Waals surface area (Å²) in [4.78, 5) is 26.4. The predicted molar refractivity (Wildman–Crippen MR) is 119 cm³/mol. The molecular formula is C22H25N3O4S. The van der Waals surface area contributed by atoms with Crippen LogP contribution in [0.15, 0.2) is 47.0 Å². The summed E-state index contributed by atoms with van der Waals surface area (Å²) in [7, 11) is 3.41. The Morgan fingerprint density at radius 2 is 1.93 bits per heavy atom. The SMILES string of the molecule is COc1ccc2cc(CN(C)C(=O)CSC(C)C(=O)Nc3cc(C)on3)ccc2c1. The quantitative estimate of drug-likeness (QED) is 0.588. The third-order valence-electron chi connectivity index (χ3n) is 4.66. The summed E-state index contributed by atoms with van der Waals surface area (Å²) >= 11 is 1.29. The van der Waals surface area contributed by atoms with Crippen LogP contribution >= 0.6 is 11.8 Å². The number of hydrogen-bond acceptors (Lipinski definition) is 6. The summed E-state index contributed by atoms with van der Waals surface area (Å²) in [5.74, 6) is 1.78. The van der Waals surface area contributed by atoms with Crippen molar-refractivity contribution in [3.8, 4) is 5.75 Å². The molecule has 1 unspecified atom stereocenters. The lowest BCUT2D eigenvalue weighted by Gasteiger charge is -2.18. The number of ether oxygens (including phenoxy) is 1. The molecule has 1 atom stereocenters. The fourth-order valence-corrected chi connectivity index (χ4v) is 3.72. The van der Waals surface area contributed by atoms with E-state index in [0.29, 0.717) is 18.1 Å². The number of hydrogen-bond donors (Lipinski definition) is 1. The van der Waals surface area contributed by atoms with E-state index in [0.717, 1.165) is 22.1 Å². The number of fused-ring (bicyclic) bond motifs is 1. The van der Waals surface area contributed by atoms with Crippen LogP contribution in [0.4, 0.5) is 5.82 Å². The summed E-state index contributed by atoms with van der Waals surface area (Å²) in [6.07, 6.45) is 0. The van der Waals surface area contributed by atoms with Crippen LogP contribution in [0.1, 0.15) is 18.2 Å². The number of carbonyl (C=O) groups excluding carboxylic acids is 2. The standard InChI is InChI=1S/C22H25N3O4S/c1-14-9-20(24-29-14)23-22(27)15(2)30-13-21(26)25(3)12-16-5-6-18-11-19(28-4)8-7-17(18)10-16/h5-11,15H,12-13H2,1-4H3,(H,23,24,27). The van der Waals surface area contributed by atoms with Gasteiger partial charge in [-0.2, -0.15) is 0 Å². The molecule has 2 amide bonds. The molecule has 1 aromatic heterocycles. The third kappa shape index (κ3) is 5.54. The molecule has 8 heteroatoms. The molecule has 2 aromatic carbocycles. The molecule has 0 spiro atoms. The summed E-state index contributed by atoms with van der Waals surface area (Å²) in [5, 5.41) is 8.21. The summed E-state index contributed by atoms with van der Waals surface area (Å²) < 4.78 is 10.2. The second-order valence-electron chi connectivity index (χ2n) is 7.06. The molecule has 0 saturated carbocycles. The molecule has 0 fully saturated rings. The van der Waals surface area contributed by atoms with Gasteiger partial charge >= 0.3 is 0 Å². The first-order valence-corrected chi connectivity index (χ1v) is 10.6. The Morgan fingerprint density at radius 1 is 1.20 bits per heavy atom. The van der Waals surface area contributed by atoms with Crippen LogP contribution in [0, 0.1) is 6.92 Å². The molecule has 0 aliphatic heterocycles. The lowest BCUT2D eigenvalue weighted by atomic mass is 10.1. The van der Waals surface area contributed by atoms with Gasteiger partial charge in [-0.15, -0.1) is 11.8 Å². The molecule has 3 rings (SSSR count). The Bertz CT molecular complexity index is 1050. The third-order valence-corrected chi connectivity index (χ3v) is 5.79. The molecule has 0 radical (unpaired) electrons. The lowest BCUT2D eigenvalue weighted by Crippen LogP contribution is -2.30. The first kappa shape index (κ1) is 21.7. The van der Waals surface area contributed by atoms with Crippen molar-refractivity contribution >= 4 is 40.2 Å². The molecular weight excluding hydrogens is 402 g/mol. The molecule has 3 aromatic rings. The molecule has 0 aliphatic carbocycles. The van der Waals surface area contributed by atoms with Gasteiger partial charge in [-0.1, -0.05) is 23.4 Å². The van der Waals surface area contributed by atoms with Crippen LogP contribution < -0.4 is 10.1 Å². The van der Waals surface area contributed by atoms with Crippen molar-refractivity contribution < 1.29 is 18.8 Å². The zero-order chi connectivity index (χ0) is 21.7. The van der Waals surface area contributed by atoms with E-state index >= 15 is 0 Å². The number of thioether (sulfide) groups is 1. The zero-order valence-corrected chi connectivity index (χ0v) is 18.3. The maximum absolute atomic E-state index is 12.5. The van der Waals surface area contributed by atoms with Crippen molar-refractivity contribution in [2.24, 2.45) is 0 Å². The highest BCUT2D eigenvalue weighted by molar-refractivity contribution is 8.01. The Labute approximate surface area is 179 Å².